The van der Waals surface area contributed by atoms with E-state index < -0.39 is 0 Å². The van der Waals surface area contributed by atoms with Crippen LogP contribution >= 0.6 is 0 Å². The third-order valence-corrected chi connectivity index (χ3v) is 7.95. The average Bonchev–Trinajstić information content (AvgIpc) is 2.94. The highest BCUT2D eigenvalue weighted by atomic mass is 14.3. The van der Waals surface area contributed by atoms with Crippen LogP contribution in [0.5, 0.6) is 0 Å². The Kier molecular flexibility index (Phi) is 5.13. The highest BCUT2D eigenvalue weighted by Gasteiger charge is 2.25. The molecule has 0 aliphatic carbocycles. The fourth-order valence-electron chi connectivity index (χ4n) is 6.23. The zero-order valence-corrected chi connectivity index (χ0v) is 22.1. The second kappa shape index (κ2) is 8.57. The summed E-state index contributed by atoms with van der Waals surface area (Å²) >= 11 is 0. The number of hydrogen-bond acceptors (Lipinski definition) is 0. The number of fused-ring (bicyclic) bond motifs is 4. The minimum absolute atomic E-state index is 0.0257. The zero-order valence-electron chi connectivity index (χ0n) is 22.1. The van der Waals surface area contributed by atoms with Gasteiger partial charge in [-0.1, -0.05) is 142 Å². The molecule has 0 saturated carbocycles. The van der Waals surface area contributed by atoms with E-state index in [0.29, 0.717) is 0 Å². The molecule has 7 aromatic carbocycles. The Labute approximate surface area is 224 Å². The van der Waals surface area contributed by atoms with Gasteiger partial charge in [-0.25, -0.2) is 0 Å². The molecule has 0 spiro atoms. The standard InChI is InChI=1S/C38H30/c1-38(2,3)34-23-22-28-24-27-14-6-9-19-31(27)36(32-20-10-15-25-12-4-7-17-29(25)32)35(28)37(34)33-21-11-16-26-13-5-8-18-30(26)33/h4-24H,1-3H3. The molecule has 0 heteroatoms. The molecule has 0 atom stereocenters. The summed E-state index contributed by atoms with van der Waals surface area (Å²) in [5.74, 6) is 0. The van der Waals surface area contributed by atoms with Crippen LogP contribution in [-0.4, -0.2) is 0 Å². The van der Waals surface area contributed by atoms with Crippen LogP contribution in [0.25, 0.3) is 65.3 Å². The van der Waals surface area contributed by atoms with Crippen LogP contribution in [-0.2, 0) is 5.41 Å². The Bertz CT molecular complexity index is 1990. The minimum atomic E-state index is -0.0257. The maximum absolute atomic E-state index is 2.38. The first-order chi connectivity index (χ1) is 18.5. The van der Waals surface area contributed by atoms with Crippen molar-refractivity contribution >= 4 is 43.1 Å². The maximum atomic E-state index is 2.38. The van der Waals surface area contributed by atoms with E-state index in [4.69, 9.17) is 0 Å². The van der Waals surface area contributed by atoms with Crippen LogP contribution in [0.15, 0.2) is 127 Å². The summed E-state index contributed by atoms with van der Waals surface area (Å²) < 4.78 is 0. The summed E-state index contributed by atoms with van der Waals surface area (Å²) in [4.78, 5) is 0. The molecule has 0 unspecified atom stereocenters. The van der Waals surface area contributed by atoms with Gasteiger partial charge in [0.15, 0.2) is 0 Å². The van der Waals surface area contributed by atoms with E-state index in [1.54, 1.807) is 0 Å². The molecule has 38 heavy (non-hydrogen) atoms. The van der Waals surface area contributed by atoms with Crippen molar-refractivity contribution in [3.05, 3.63) is 133 Å². The van der Waals surface area contributed by atoms with E-state index in [0.717, 1.165) is 0 Å². The van der Waals surface area contributed by atoms with Crippen LogP contribution in [0.4, 0.5) is 0 Å². The van der Waals surface area contributed by atoms with E-state index in [1.165, 1.54) is 70.9 Å². The predicted molar refractivity (Wildman–Crippen MR) is 166 cm³/mol. The summed E-state index contributed by atoms with van der Waals surface area (Å²) in [7, 11) is 0. The van der Waals surface area contributed by atoms with Gasteiger partial charge < -0.3 is 0 Å². The lowest BCUT2D eigenvalue weighted by Gasteiger charge is -2.27. The van der Waals surface area contributed by atoms with Crippen LogP contribution < -0.4 is 0 Å². The third-order valence-electron chi connectivity index (χ3n) is 7.95. The van der Waals surface area contributed by atoms with Crippen molar-refractivity contribution in [3.8, 4) is 22.3 Å². The summed E-state index contributed by atoms with van der Waals surface area (Å²) in [6.07, 6.45) is 0. The van der Waals surface area contributed by atoms with Crippen LogP contribution in [0.2, 0.25) is 0 Å². The van der Waals surface area contributed by atoms with Crippen molar-refractivity contribution in [1.29, 1.82) is 0 Å². The van der Waals surface area contributed by atoms with Crippen molar-refractivity contribution in [3.63, 3.8) is 0 Å². The Hall–Kier alpha value is -4.42. The van der Waals surface area contributed by atoms with E-state index in [-0.39, 0.29) is 5.41 Å². The zero-order chi connectivity index (χ0) is 25.9. The average molecular weight is 487 g/mol. The molecule has 0 aromatic heterocycles. The first-order valence-electron chi connectivity index (χ1n) is 13.5. The van der Waals surface area contributed by atoms with Gasteiger partial charge in [0, 0.05) is 0 Å². The topological polar surface area (TPSA) is 0 Å². The molecule has 182 valence electrons. The molecule has 0 saturated heterocycles. The van der Waals surface area contributed by atoms with Crippen LogP contribution in [0.1, 0.15) is 26.3 Å². The lowest BCUT2D eigenvalue weighted by Crippen LogP contribution is -2.13. The summed E-state index contributed by atoms with van der Waals surface area (Å²) in [5, 5.41) is 10.3. The van der Waals surface area contributed by atoms with Gasteiger partial charge in [0.2, 0.25) is 0 Å². The van der Waals surface area contributed by atoms with E-state index >= 15 is 0 Å². The predicted octanol–water partition coefficient (Wildman–Crippen LogP) is 10.9. The fraction of sp³-hybridized carbons (Fsp3) is 0.105. The van der Waals surface area contributed by atoms with Gasteiger partial charge in [-0.2, -0.15) is 0 Å². The second-order valence-electron chi connectivity index (χ2n) is 11.4. The first-order valence-corrected chi connectivity index (χ1v) is 13.5. The quantitative estimate of drug-likeness (QED) is 0.213. The van der Waals surface area contributed by atoms with Crippen molar-refractivity contribution < 1.29 is 0 Å². The third kappa shape index (κ3) is 3.52. The molecule has 7 aromatic rings. The fourth-order valence-corrected chi connectivity index (χ4v) is 6.23. The van der Waals surface area contributed by atoms with Gasteiger partial charge in [-0.3, -0.25) is 0 Å². The summed E-state index contributed by atoms with van der Waals surface area (Å²) in [6.45, 7) is 7.00. The van der Waals surface area contributed by atoms with Gasteiger partial charge in [0.25, 0.3) is 0 Å². The van der Waals surface area contributed by atoms with Gasteiger partial charge in [-0.05, 0) is 82.4 Å². The molecule has 0 aliphatic heterocycles. The molecule has 0 fully saturated rings. The summed E-state index contributed by atoms with van der Waals surface area (Å²) in [5.41, 5.74) is 6.61. The number of hydrogen-bond donors (Lipinski definition) is 0. The molecule has 0 bridgehead atoms. The second-order valence-corrected chi connectivity index (χ2v) is 11.4. The monoisotopic (exact) mass is 486 g/mol. The minimum Gasteiger partial charge on any atom is -0.0616 e. The Balaban J connectivity index is 1.77. The van der Waals surface area contributed by atoms with E-state index in [9.17, 15) is 0 Å². The largest absolute Gasteiger partial charge is 0.0616 e. The van der Waals surface area contributed by atoms with Crippen molar-refractivity contribution in [2.24, 2.45) is 0 Å². The molecule has 0 nitrogen and oxygen atoms in total. The number of rotatable bonds is 2. The molecule has 0 radical (unpaired) electrons. The van der Waals surface area contributed by atoms with Crippen molar-refractivity contribution in [2.75, 3.05) is 0 Å². The van der Waals surface area contributed by atoms with Gasteiger partial charge in [-0.15, -0.1) is 0 Å². The summed E-state index contributed by atoms with van der Waals surface area (Å²) in [6, 6.07) is 47.0. The SMILES string of the molecule is CC(C)(C)c1ccc2cc3ccccc3c(-c3cccc4ccccc34)c2c1-c1cccc2ccccc12. The van der Waals surface area contributed by atoms with Gasteiger partial charge in [0.05, 0.1) is 0 Å². The smallest absolute Gasteiger partial charge is 0.00142 e. The lowest BCUT2D eigenvalue weighted by atomic mass is 9.76. The van der Waals surface area contributed by atoms with E-state index in [2.05, 4.69) is 148 Å². The lowest BCUT2D eigenvalue weighted by molar-refractivity contribution is 0.593. The number of benzene rings is 7. The van der Waals surface area contributed by atoms with Crippen molar-refractivity contribution in [2.45, 2.75) is 26.2 Å². The molecular weight excluding hydrogens is 456 g/mol. The molecule has 0 amide bonds. The highest BCUT2D eigenvalue weighted by molar-refractivity contribution is 6.22. The van der Waals surface area contributed by atoms with Crippen LogP contribution in [0, 0.1) is 0 Å². The van der Waals surface area contributed by atoms with Gasteiger partial charge in [0.1, 0.15) is 0 Å². The molecular formula is C38H30. The Morgan fingerprint density at radius 2 is 0.895 bits per heavy atom. The molecule has 7 rings (SSSR count). The molecule has 0 N–H and O–H groups in total. The van der Waals surface area contributed by atoms with E-state index in [1.807, 2.05) is 0 Å². The van der Waals surface area contributed by atoms with Gasteiger partial charge >= 0.3 is 0 Å². The maximum Gasteiger partial charge on any atom is -0.00142 e. The highest BCUT2D eigenvalue weighted by Crippen LogP contribution is 2.48. The Morgan fingerprint density at radius 1 is 0.395 bits per heavy atom. The normalized spacial score (nSPS) is 12.1. The van der Waals surface area contributed by atoms with Crippen molar-refractivity contribution in [1.82, 2.24) is 0 Å². The molecule has 0 aliphatic rings. The van der Waals surface area contributed by atoms with Crippen LogP contribution in [0.3, 0.4) is 0 Å². The first kappa shape index (κ1) is 22.8. The molecule has 0 heterocycles. The Morgan fingerprint density at radius 3 is 1.50 bits per heavy atom.